The molecule has 0 spiro atoms. The van der Waals surface area contributed by atoms with Gasteiger partial charge in [0.15, 0.2) is 5.84 Å². The summed E-state index contributed by atoms with van der Waals surface area (Å²) in [7, 11) is 0. The van der Waals surface area contributed by atoms with Gasteiger partial charge in [-0.25, -0.2) is 0 Å². The topological polar surface area (TPSA) is 87.7 Å². The van der Waals surface area contributed by atoms with Crippen molar-refractivity contribution in [1.29, 1.82) is 0 Å². The number of nitrogens with zero attached hydrogens (tertiary/aromatic N) is 1. The lowest BCUT2D eigenvalue weighted by Crippen LogP contribution is -2.22. The molecule has 0 aliphatic carbocycles. The third kappa shape index (κ3) is 3.32. The molecule has 0 bridgehead atoms. The molecular weight excluding hydrogens is 262 g/mol. The van der Waals surface area contributed by atoms with Crippen LogP contribution in [0.3, 0.4) is 0 Å². The minimum atomic E-state index is -0.155. The molecule has 1 heterocycles. The molecule has 0 atom stereocenters. The van der Waals surface area contributed by atoms with Crippen molar-refractivity contribution in [3.05, 3.63) is 57.8 Å². The summed E-state index contributed by atoms with van der Waals surface area (Å²) in [5.74, 6) is -0.137. The van der Waals surface area contributed by atoms with E-state index in [9.17, 15) is 4.79 Å². The van der Waals surface area contributed by atoms with E-state index in [1.165, 1.54) is 0 Å². The molecule has 1 aromatic carbocycles. The fourth-order valence-corrected chi connectivity index (χ4v) is 2.20. The number of oxime groups is 1. The highest BCUT2D eigenvalue weighted by Gasteiger charge is 2.06. The molecular formula is C13H13N3O2S. The summed E-state index contributed by atoms with van der Waals surface area (Å²) in [6, 6.07) is 8.50. The van der Waals surface area contributed by atoms with Gasteiger partial charge >= 0.3 is 0 Å². The zero-order valence-electron chi connectivity index (χ0n) is 10.0. The number of amidine groups is 1. The van der Waals surface area contributed by atoms with E-state index in [4.69, 9.17) is 10.9 Å². The van der Waals surface area contributed by atoms with Crippen LogP contribution in [0, 0.1) is 0 Å². The Morgan fingerprint density at radius 2 is 1.95 bits per heavy atom. The second kappa shape index (κ2) is 6.01. The fraction of sp³-hybridized carbons (Fsp3) is 0.0769. The lowest BCUT2D eigenvalue weighted by atomic mass is 10.1. The summed E-state index contributed by atoms with van der Waals surface area (Å²) in [6.45, 7) is 0.504. The molecule has 0 aliphatic rings. The minimum absolute atomic E-state index is 0.0187. The number of carbonyl (C=O) groups is 1. The van der Waals surface area contributed by atoms with Crippen LogP contribution in [-0.4, -0.2) is 17.0 Å². The Balaban J connectivity index is 1.99. The third-order valence-corrected chi connectivity index (χ3v) is 3.32. The van der Waals surface area contributed by atoms with Gasteiger partial charge in [-0.3, -0.25) is 4.79 Å². The zero-order valence-corrected chi connectivity index (χ0v) is 10.9. The van der Waals surface area contributed by atoms with E-state index in [0.717, 1.165) is 5.56 Å². The molecule has 0 fully saturated rings. The van der Waals surface area contributed by atoms with Crippen LogP contribution >= 0.6 is 11.3 Å². The average Bonchev–Trinajstić information content (AvgIpc) is 2.97. The van der Waals surface area contributed by atoms with Crippen molar-refractivity contribution in [2.24, 2.45) is 10.9 Å². The Kier molecular flexibility index (Phi) is 4.15. The second-order valence-corrected chi connectivity index (χ2v) is 4.66. The van der Waals surface area contributed by atoms with Gasteiger partial charge in [-0.2, -0.15) is 11.3 Å². The molecule has 5 nitrogen and oxygen atoms in total. The maximum atomic E-state index is 11.9. The fourth-order valence-electron chi connectivity index (χ4n) is 1.53. The van der Waals surface area contributed by atoms with Crippen molar-refractivity contribution in [2.75, 3.05) is 0 Å². The van der Waals surface area contributed by atoms with E-state index in [1.54, 1.807) is 35.6 Å². The van der Waals surface area contributed by atoms with Crippen LogP contribution in [0.15, 0.2) is 46.2 Å². The first-order valence-electron chi connectivity index (χ1n) is 5.58. The van der Waals surface area contributed by atoms with Crippen molar-refractivity contribution in [3.8, 4) is 0 Å². The number of hydrogen-bond acceptors (Lipinski definition) is 4. The zero-order chi connectivity index (χ0) is 13.7. The molecule has 1 aromatic heterocycles. The predicted octanol–water partition coefficient (Wildman–Crippen LogP) is 1.77. The monoisotopic (exact) mass is 275 g/mol. The highest BCUT2D eigenvalue weighted by molar-refractivity contribution is 7.07. The number of carbonyl (C=O) groups excluding carboxylic acids is 1. The second-order valence-electron chi connectivity index (χ2n) is 3.88. The van der Waals surface area contributed by atoms with Gasteiger partial charge in [0.2, 0.25) is 0 Å². The number of amides is 1. The Labute approximate surface area is 114 Å². The van der Waals surface area contributed by atoms with E-state index < -0.39 is 0 Å². The predicted molar refractivity (Wildman–Crippen MR) is 74.4 cm³/mol. The maximum absolute atomic E-state index is 11.9. The molecule has 1 amide bonds. The minimum Gasteiger partial charge on any atom is -0.409 e. The van der Waals surface area contributed by atoms with Gasteiger partial charge < -0.3 is 16.3 Å². The van der Waals surface area contributed by atoms with Crippen molar-refractivity contribution in [2.45, 2.75) is 6.54 Å². The molecule has 6 heteroatoms. The number of nitrogens with two attached hydrogens (primary N) is 1. The number of thiophene rings is 1. The Bertz CT molecular complexity index is 576. The summed E-state index contributed by atoms with van der Waals surface area (Å²) >= 11 is 1.59. The lowest BCUT2D eigenvalue weighted by molar-refractivity contribution is 0.0951. The van der Waals surface area contributed by atoms with Gasteiger partial charge in [0, 0.05) is 17.7 Å². The van der Waals surface area contributed by atoms with Crippen LogP contribution < -0.4 is 11.1 Å². The van der Waals surface area contributed by atoms with Gasteiger partial charge in [0.1, 0.15) is 0 Å². The summed E-state index contributed by atoms with van der Waals surface area (Å²) in [5.41, 5.74) is 7.62. The van der Waals surface area contributed by atoms with Crippen LogP contribution in [0.4, 0.5) is 0 Å². The summed E-state index contributed by atoms with van der Waals surface area (Å²) in [6.07, 6.45) is 0. The van der Waals surface area contributed by atoms with Crippen molar-refractivity contribution in [1.82, 2.24) is 5.32 Å². The normalized spacial score (nSPS) is 11.3. The molecule has 4 N–H and O–H groups in total. The summed E-state index contributed by atoms with van der Waals surface area (Å²) in [4.78, 5) is 11.9. The molecule has 0 aliphatic heterocycles. The third-order valence-electron chi connectivity index (χ3n) is 2.58. The first-order valence-corrected chi connectivity index (χ1v) is 6.52. The number of rotatable bonds is 4. The standard InChI is InChI=1S/C13H13N3O2S/c14-12(16-18)10-1-3-11(4-2-10)13(17)15-7-9-5-6-19-8-9/h1-6,8,18H,7H2,(H2,14,16)(H,15,17). The van der Waals surface area contributed by atoms with E-state index in [1.807, 2.05) is 16.8 Å². The van der Waals surface area contributed by atoms with Crippen molar-refractivity contribution in [3.63, 3.8) is 0 Å². The maximum Gasteiger partial charge on any atom is 0.251 e. The van der Waals surface area contributed by atoms with Crippen LogP contribution in [0.1, 0.15) is 21.5 Å². The molecule has 0 unspecified atom stereocenters. The van der Waals surface area contributed by atoms with Crippen LogP contribution in [0.2, 0.25) is 0 Å². The number of hydrogen-bond donors (Lipinski definition) is 3. The molecule has 0 saturated carbocycles. The van der Waals surface area contributed by atoms with Crippen molar-refractivity contribution < 1.29 is 10.0 Å². The van der Waals surface area contributed by atoms with Gasteiger partial charge in [-0.05, 0) is 34.5 Å². The summed E-state index contributed by atoms with van der Waals surface area (Å²) in [5, 5.41) is 18.2. The van der Waals surface area contributed by atoms with Crippen molar-refractivity contribution >= 4 is 23.1 Å². The molecule has 19 heavy (non-hydrogen) atoms. The van der Waals surface area contributed by atoms with Gasteiger partial charge in [-0.1, -0.05) is 17.3 Å². The van der Waals surface area contributed by atoms with E-state index in [-0.39, 0.29) is 11.7 Å². The smallest absolute Gasteiger partial charge is 0.251 e. The van der Waals surface area contributed by atoms with E-state index in [2.05, 4.69) is 10.5 Å². The lowest BCUT2D eigenvalue weighted by Gasteiger charge is -2.05. The van der Waals surface area contributed by atoms with Gasteiger partial charge in [0.25, 0.3) is 5.91 Å². The highest BCUT2D eigenvalue weighted by Crippen LogP contribution is 2.07. The van der Waals surface area contributed by atoms with E-state index in [0.29, 0.717) is 17.7 Å². The quantitative estimate of drug-likeness (QED) is 0.344. The Morgan fingerprint density at radius 3 is 2.53 bits per heavy atom. The number of nitrogens with one attached hydrogen (secondary N) is 1. The van der Waals surface area contributed by atoms with Crippen LogP contribution in [-0.2, 0) is 6.54 Å². The summed E-state index contributed by atoms with van der Waals surface area (Å²) < 4.78 is 0. The Morgan fingerprint density at radius 1 is 1.26 bits per heavy atom. The van der Waals surface area contributed by atoms with Crippen LogP contribution in [0.5, 0.6) is 0 Å². The van der Waals surface area contributed by atoms with Gasteiger partial charge in [0.05, 0.1) is 0 Å². The van der Waals surface area contributed by atoms with Crippen LogP contribution in [0.25, 0.3) is 0 Å². The molecule has 98 valence electrons. The molecule has 2 aromatic rings. The highest BCUT2D eigenvalue weighted by atomic mass is 32.1. The largest absolute Gasteiger partial charge is 0.409 e. The molecule has 0 radical (unpaired) electrons. The van der Waals surface area contributed by atoms with E-state index >= 15 is 0 Å². The van der Waals surface area contributed by atoms with Gasteiger partial charge in [-0.15, -0.1) is 0 Å². The Hall–Kier alpha value is -2.34. The molecule has 2 rings (SSSR count). The first-order chi connectivity index (χ1) is 9.20. The molecule has 0 saturated heterocycles. The number of benzene rings is 1. The SMILES string of the molecule is N/C(=N/O)c1ccc(C(=O)NCc2ccsc2)cc1. The first kappa shape index (κ1) is 13.1. The average molecular weight is 275 g/mol.